The SMILES string of the molecule is C=C(C)C(=O)OCCNC(=O)OC1(C2CCC2)C2CC3CC(C2)CC1C3. The van der Waals surface area contributed by atoms with E-state index in [1.54, 1.807) is 6.92 Å². The molecule has 0 saturated heterocycles. The highest BCUT2D eigenvalue weighted by molar-refractivity contribution is 5.86. The van der Waals surface area contributed by atoms with Crippen LogP contribution in [0.1, 0.15) is 58.3 Å². The summed E-state index contributed by atoms with van der Waals surface area (Å²) >= 11 is 0. The maximum absolute atomic E-state index is 12.6. The predicted molar refractivity (Wildman–Crippen MR) is 97.4 cm³/mol. The molecule has 0 aromatic rings. The molecule has 5 heteroatoms. The van der Waals surface area contributed by atoms with Crippen LogP contribution in [0.2, 0.25) is 0 Å². The number of alkyl carbamates (subject to hydrolysis) is 1. The van der Waals surface area contributed by atoms with Gasteiger partial charge in [0.15, 0.2) is 0 Å². The predicted octanol–water partition coefficient (Wildman–Crippen LogP) is 3.83. The highest BCUT2D eigenvalue weighted by Gasteiger charge is 2.63. The topological polar surface area (TPSA) is 64.6 Å². The van der Waals surface area contributed by atoms with Crippen LogP contribution in [0.3, 0.4) is 0 Å². The maximum atomic E-state index is 12.6. The van der Waals surface area contributed by atoms with E-state index in [1.165, 1.54) is 51.4 Å². The molecule has 4 bridgehead atoms. The van der Waals surface area contributed by atoms with Crippen molar-refractivity contribution < 1.29 is 19.1 Å². The van der Waals surface area contributed by atoms with E-state index in [1.807, 2.05) is 0 Å². The van der Waals surface area contributed by atoms with Crippen molar-refractivity contribution in [3.63, 3.8) is 0 Å². The van der Waals surface area contributed by atoms with Gasteiger partial charge in [0.25, 0.3) is 0 Å². The third-order valence-electron chi connectivity index (χ3n) is 7.38. The van der Waals surface area contributed by atoms with Crippen molar-refractivity contribution in [3.8, 4) is 0 Å². The number of esters is 1. The molecular weight excluding hydrogens is 330 g/mol. The van der Waals surface area contributed by atoms with Gasteiger partial charge in [-0.15, -0.1) is 0 Å². The van der Waals surface area contributed by atoms with Crippen LogP contribution in [0, 0.1) is 29.6 Å². The number of hydrogen-bond donors (Lipinski definition) is 1. The van der Waals surface area contributed by atoms with Gasteiger partial charge in [-0.05, 0) is 81.5 Å². The molecule has 0 heterocycles. The van der Waals surface area contributed by atoms with Gasteiger partial charge in [0, 0.05) is 5.57 Å². The molecule has 5 fully saturated rings. The molecule has 0 spiro atoms. The van der Waals surface area contributed by atoms with Gasteiger partial charge in [-0.3, -0.25) is 0 Å². The van der Waals surface area contributed by atoms with Gasteiger partial charge in [0.05, 0.1) is 6.54 Å². The van der Waals surface area contributed by atoms with Crippen LogP contribution in [-0.4, -0.2) is 30.8 Å². The number of carbonyl (C=O) groups excluding carboxylic acids is 2. The third kappa shape index (κ3) is 3.03. The number of ether oxygens (including phenoxy) is 2. The van der Waals surface area contributed by atoms with Crippen molar-refractivity contribution >= 4 is 12.1 Å². The molecule has 5 aliphatic carbocycles. The molecule has 0 aromatic heterocycles. The first-order chi connectivity index (χ1) is 12.5. The van der Waals surface area contributed by atoms with Crippen molar-refractivity contribution in [2.24, 2.45) is 29.6 Å². The minimum absolute atomic E-state index is 0.147. The number of hydrogen-bond acceptors (Lipinski definition) is 4. The lowest BCUT2D eigenvalue weighted by molar-refractivity contribution is -0.214. The van der Waals surface area contributed by atoms with Gasteiger partial charge in [-0.1, -0.05) is 13.0 Å². The Labute approximate surface area is 155 Å². The monoisotopic (exact) mass is 361 g/mol. The van der Waals surface area contributed by atoms with E-state index in [0.717, 1.165) is 11.8 Å². The Balaban J connectivity index is 1.37. The van der Waals surface area contributed by atoms with Crippen LogP contribution in [0.15, 0.2) is 12.2 Å². The second kappa shape index (κ2) is 6.90. The number of nitrogens with one attached hydrogen (secondary N) is 1. The fourth-order valence-corrected chi connectivity index (χ4v) is 6.31. The van der Waals surface area contributed by atoms with Gasteiger partial charge >= 0.3 is 12.1 Å². The molecule has 5 aliphatic rings. The second-order valence-electron chi connectivity index (χ2n) is 9.02. The zero-order valence-electron chi connectivity index (χ0n) is 15.8. The Morgan fingerprint density at radius 2 is 1.65 bits per heavy atom. The average molecular weight is 361 g/mol. The summed E-state index contributed by atoms with van der Waals surface area (Å²) in [5.41, 5.74) is 0.134. The summed E-state index contributed by atoms with van der Waals surface area (Å²) in [6, 6.07) is 0. The quantitative estimate of drug-likeness (QED) is 0.444. The van der Waals surface area contributed by atoms with Gasteiger partial charge in [0.2, 0.25) is 0 Å². The van der Waals surface area contributed by atoms with Crippen LogP contribution in [0.4, 0.5) is 4.79 Å². The lowest BCUT2D eigenvalue weighted by atomic mass is 9.45. The molecule has 5 saturated carbocycles. The van der Waals surface area contributed by atoms with Crippen LogP contribution >= 0.6 is 0 Å². The zero-order valence-corrected chi connectivity index (χ0v) is 15.8. The molecule has 26 heavy (non-hydrogen) atoms. The average Bonchev–Trinajstić information content (AvgIpc) is 2.53. The molecule has 5 rings (SSSR count). The lowest BCUT2D eigenvalue weighted by Crippen LogP contribution is -2.65. The molecule has 1 N–H and O–H groups in total. The fraction of sp³-hybridized carbons (Fsp3) is 0.810. The maximum Gasteiger partial charge on any atom is 0.407 e. The molecule has 0 radical (unpaired) electrons. The standard InChI is InChI=1S/C21H31NO4/c1-13(2)19(23)25-7-6-22-20(24)26-21(16-4-3-5-16)17-9-14-8-15(11-17)12-18(21)10-14/h14-18H,1,3-12H2,2H3,(H,22,24). The highest BCUT2D eigenvalue weighted by Crippen LogP contribution is 2.64. The summed E-state index contributed by atoms with van der Waals surface area (Å²) in [6.07, 6.45) is 9.70. The minimum atomic E-state index is -0.424. The molecule has 5 nitrogen and oxygen atoms in total. The third-order valence-corrected chi connectivity index (χ3v) is 7.38. The second-order valence-corrected chi connectivity index (χ2v) is 9.02. The summed E-state index contributed by atoms with van der Waals surface area (Å²) in [5, 5.41) is 2.80. The first-order valence-corrected chi connectivity index (χ1v) is 10.3. The summed E-state index contributed by atoms with van der Waals surface area (Å²) in [6.45, 7) is 5.58. The minimum Gasteiger partial charge on any atom is -0.460 e. The van der Waals surface area contributed by atoms with Gasteiger partial charge in [0.1, 0.15) is 12.2 Å². The fourth-order valence-electron chi connectivity index (χ4n) is 6.31. The molecule has 0 aromatic carbocycles. The summed E-state index contributed by atoms with van der Waals surface area (Å²) in [5.74, 6) is 2.95. The summed E-state index contributed by atoms with van der Waals surface area (Å²) < 4.78 is 11.3. The van der Waals surface area contributed by atoms with Gasteiger partial charge in [-0.25, -0.2) is 9.59 Å². The van der Waals surface area contributed by atoms with Crippen molar-refractivity contribution in [1.29, 1.82) is 0 Å². The number of rotatable bonds is 6. The Hall–Kier alpha value is -1.52. The van der Waals surface area contributed by atoms with E-state index in [0.29, 0.717) is 23.3 Å². The summed E-state index contributed by atoms with van der Waals surface area (Å²) in [7, 11) is 0. The molecule has 144 valence electrons. The normalized spacial score (nSPS) is 37.7. The zero-order chi connectivity index (χ0) is 18.3. The summed E-state index contributed by atoms with van der Waals surface area (Å²) in [4.78, 5) is 24.0. The highest BCUT2D eigenvalue weighted by atomic mass is 16.6. The molecule has 0 atom stereocenters. The van der Waals surface area contributed by atoms with Crippen molar-refractivity contribution in [1.82, 2.24) is 5.32 Å². The van der Waals surface area contributed by atoms with Gasteiger partial charge < -0.3 is 14.8 Å². The van der Waals surface area contributed by atoms with Crippen molar-refractivity contribution in [2.75, 3.05) is 13.2 Å². The van der Waals surface area contributed by atoms with E-state index >= 15 is 0 Å². The molecular formula is C21H31NO4. The molecule has 0 unspecified atom stereocenters. The van der Waals surface area contributed by atoms with Crippen LogP contribution in [-0.2, 0) is 14.3 Å². The largest absolute Gasteiger partial charge is 0.460 e. The van der Waals surface area contributed by atoms with E-state index < -0.39 is 5.97 Å². The molecule has 1 amide bonds. The van der Waals surface area contributed by atoms with Gasteiger partial charge in [-0.2, -0.15) is 0 Å². The van der Waals surface area contributed by atoms with E-state index in [4.69, 9.17) is 9.47 Å². The first-order valence-electron chi connectivity index (χ1n) is 10.3. The smallest absolute Gasteiger partial charge is 0.407 e. The lowest BCUT2D eigenvalue weighted by Gasteiger charge is -2.63. The van der Waals surface area contributed by atoms with Crippen molar-refractivity contribution in [3.05, 3.63) is 12.2 Å². The number of amides is 1. The number of carbonyl (C=O) groups is 2. The van der Waals surface area contributed by atoms with E-state index in [9.17, 15) is 9.59 Å². The Bertz CT molecular complexity index is 567. The van der Waals surface area contributed by atoms with Crippen LogP contribution in [0.25, 0.3) is 0 Å². The van der Waals surface area contributed by atoms with E-state index in [-0.39, 0.29) is 24.8 Å². The Kier molecular flexibility index (Phi) is 4.74. The first kappa shape index (κ1) is 17.9. The van der Waals surface area contributed by atoms with Crippen LogP contribution < -0.4 is 5.32 Å². The molecule has 0 aliphatic heterocycles. The van der Waals surface area contributed by atoms with E-state index in [2.05, 4.69) is 11.9 Å². The van der Waals surface area contributed by atoms with Crippen LogP contribution in [0.5, 0.6) is 0 Å². The van der Waals surface area contributed by atoms with Crippen molar-refractivity contribution in [2.45, 2.75) is 63.9 Å². The Morgan fingerprint density at radius 3 is 2.15 bits per heavy atom. The Morgan fingerprint density at radius 1 is 1.04 bits per heavy atom.